The minimum atomic E-state index is -0.126. The first-order valence-electron chi connectivity index (χ1n) is 12.0. The van der Waals surface area contributed by atoms with Crippen LogP contribution in [0.5, 0.6) is 0 Å². The van der Waals surface area contributed by atoms with E-state index >= 15 is 0 Å². The standard InChI is InChI=1S/C29H34N4O/c1-7-8-16-34-28-20(3)19(2)27(33-28)26(29(4,5)6)25-14-13-24(32-25)18-23-12-11-22(31-23)17-21-10-9-15-30-21/h9-15,17-18,31H,7-8,16H2,1-6H3. The van der Waals surface area contributed by atoms with E-state index in [0.717, 1.165) is 69.6 Å². The van der Waals surface area contributed by atoms with Crippen LogP contribution in [0.3, 0.4) is 0 Å². The molecule has 34 heavy (non-hydrogen) atoms. The highest BCUT2D eigenvalue weighted by Crippen LogP contribution is 2.38. The van der Waals surface area contributed by atoms with Crippen LogP contribution in [0, 0.1) is 5.41 Å². The van der Waals surface area contributed by atoms with Crippen molar-refractivity contribution in [2.75, 3.05) is 6.61 Å². The molecule has 0 saturated heterocycles. The zero-order chi connectivity index (χ0) is 24.3. The second kappa shape index (κ2) is 9.80. The number of aromatic nitrogens is 1. The fraction of sp³-hybridized carbons (Fsp3) is 0.345. The lowest BCUT2D eigenvalue weighted by atomic mass is 9.81. The SMILES string of the molecule is CCCCOC1=NC(=C(C2=NC(=Cc3ccc(C=C4C=CC=N4)[nH]3)C=C2)C(C)(C)C)C(C)=C1C. The van der Waals surface area contributed by atoms with Gasteiger partial charge in [0.2, 0.25) is 5.90 Å². The van der Waals surface area contributed by atoms with Gasteiger partial charge in [-0.05, 0) is 79.8 Å². The van der Waals surface area contributed by atoms with Crippen LogP contribution in [0.25, 0.3) is 12.2 Å². The first-order valence-corrected chi connectivity index (χ1v) is 12.0. The Hall–Kier alpha value is -3.47. The highest BCUT2D eigenvalue weighted by atomic mass is 16.5. The number of hydrogen-bond acceptors (Lipinski definition) is 4. The van der Waals surface area contributed by atoms with Gasteiger partial charge >= 0.3 is 0 Å². The van der Waals surface area contributed by atoms with E-state index in [1.54, 1.807) is 6.21 Å². The van der Waals surface area contributed by atoms with Crippen LogP contribution in [-0.4, -0.2) is 29.4 Å². The number of allylic oxidation sites excluding steroid dienone is 6. The molecule has 1 N–H and O–H groups in total. The molecule has 4 rings (SSSR count). The van der Waals surface area contributed by atoms with Crippen molar-refractivity contribution in [1.29, 1.82) is 0 Å². The van der Waals surface area contributed by atoms with E-state index in [9.17, 15) is 0 Å². The van der Waals surface area contributed by atoms with E-state index in [2.05, 4.69) is 81.9 Å². The second-order valence-electron chi connectivity index (χ2n) is 9.82. The minimum absolute atomic E-state index is 0.126. The number of ether oxygens (including phenoxy) is 1. The highest BCUT2D eigenvalue weighted by molar-refractivity contribution is 6.14. The minimum Gasteiger partial charge on any atom is -0.477 e. The number of H-pyrrole nitrogens is 1. The fourth-order valence-corrected chi connectivity index (χ4v) is 4.08. The van der Waals surface area contributed by atoms with E-state index in [4.69, 9.17) is 14.7 Å². The van der Waals surface area contributed by atoms with Gasteiger partial charge in [0.05, 0.1) is 29.4 Å². The second-order valence-corrected chi connectivity index (χ2v) is 9.82. The third-order valence-corrected chi connectivity index (χ3v) is 6.01. The number of aromatic amines is 1. The normalized spacial score (nSPS) is 21.4. The molecule has 5 heteroatoms. The molecule has 0 radical (unpaired) electrons. The number of hydrogen-bond donors (Lipinski definition) is 1. The van der Waals surface area contributed by atoms with Gasteiger partial charge in [-0.15, -0.1) is 0 Å². The van der Waals surface area contributed by atoms with Gasteiger partial charge in [-0.2, -0.15) is 0 Å². The number of unbranched alkanes of at least 4 members (excludes halogenated alkanes) is 1. The third-order valence-electron chi connectivity index (χ3n) is 6.01. The van der Waals surface area contributed by atoms with Crippen molar-refractivity contribution in [3.8, 4) is 0 Å². The molecule has 0 saturated carbocycles. The van der Waals surface area contributed by atoms with Gasteiger partial charge in [-0.1, -0.05) is 34.1 Å². The molecule has 1 aromatic heterocycles. The monoisotopic (exact) mass is 454 g/mol. The first-order chi connectivity index (χ1) is 16.3. The summed E-state index contributed by atoms with van der Waals surface area (Å²) in [5.74, 6) is 0.746. The average Bonchev–Trinajstić information content (AvgIpc) is 3.57. The molecule has 0 spiro atoms. The van der Waals surface area contributed by atoms with E-state index in [0.29, 0.717) is 6.61 Å². The molecule has 0 aromatic carbocycles. The van der Waals surface area contributed by atoms with Crippen molar-refractivity contribution in [3.05, 3.63) is 81.6 Å². The summed E-state index contributed by atoms with van der Waals surface area (Å²) in [5.41, 5.74) is 9.11. The number of rotatable bonds is 6. The van der Waals surface area contributed by atoms with E-state index < -0.39 is 0 Å². The summed E-state index contributed by atoms with van der Waals surface area (Å²) in [6, 6.07) is 4.11. The van der Waals surface area contributed by atoms with Crippen molar-refractivity contribution >= 4 is 30.0 Å². The van der Waals surface area contributed by atoms with Crippen molar-refractivity contribution in [3.63, 3.8) is 0 Å². The van der Waals surface area contributed by atoms with Crippen molar-refractivity contribution in [1.82, 2.24) is 4.98 Å². The van der Waals surface area contributed by atoms with Crippen molar-refractivity contribution in [2.24, 2.45) is 20.4 Å². The Labute approximate surface area is 202 Å². The fourth-order valence-electron chi connectivity index (χ4n) is 4.08. The molecule has 0 bridgehead atoms. The van der Waals surface area contributed by atoms with E-state index in [1.807, 2.05) is 18.2 Å². The van der Waals surface area contributed by atoms with Crippen molar-refractivity contribution in [2.45, 2.75) is 54.4 Å². The molecule has 1 aromatic rings. The molecule has 3 aliphatic rings. The van der Waals surface area contributed by atoms with Crippen LogP contribution in [0.15, 0.2) is 85.2 Å². The average molecular weight is 455 g/mol. The Bertz CT molecular complexity index is 1230. The topological polar surface area (TPSA) is 62.1 Å². The Morgan fingerprint density at radius 2 is 1.71 bits per heavy atom. The molecule has 0 fully saturated rings. The summed E-state index contributed by atoms with van der Waals surface area (Å²) in [5, 5.41) is 0. The summed E-state index contributed by atoms with van der Waals surface area (Å²) in [6.07, 6.45) is 16.1. The maximum absolute atomic E-state index is 6.00. The first kappa shape index (κ1) is 23.7. The van der Waals surface area contributed by atoms with Crippen molar-refractivity contribution < 1.29 is 4.74 Å². The van der Waals surface area contributed by atoms with E-state index in [1.165, 1.54) is 0 Å². The molecule has 0 aliphatic carbocycles. The molecular weight excluding hydrogens is 420 g/mol. The quantitative estimate of drug-likeness (QED) is 0.453. The van der Waals surface area contributed by atoms with Crippen LogP contribution in [0.1, 0.15) is 65.8 Å². The lowest BCUT2D eigenvalue weighted by Gasteiger charge is -2.24. The number of aliphatic imine (C=N–C) groups is 3. The molecular formula is C29H34N4O. The number of nitrogens with one attached hydrogen (secondary N) is 1. The van der Waals surface area contributed by atoms with Gasteiger partial charge in [0.25, 0.3) is 0 Å². The predicted molar refractivity (Wildman–Crippen MR) is 144 cm³/mol. The molecule has 3 aliphatic heterocycles. The van der Waals surface area contributed by atoms with E-state index in [-0.39, 0.29) is 5.41 Å². The Morgan fingerprint density at radius 3 is 2.35 bits per heavy atom. The summed E-state index contributed by atoms with van der Waals surface area (Å²) in [6.45, 7) is 13.7. The maximum atomic E-state index is 6.00. The lowest BCUT2D eigenvalue weighted by Crippen LogP contribution is -2.18. The summed E-state index contributed by atoms with van der Waals surface area (Å²) >= 11 is 0. The lowest BCUT2D eigenvalue weighted by molar-refractivity contribution is 0.297. The van der Waals surface area contributed by atoms with Gasteiger partial charge < -0.3 is 9.72 Å². The molecule has 0 atom stereocenters. The van der Waals surface area contributed by atoms with Gasteiger partial charge in [0.15, 0.2) is 0 Å². The largest absolute Gasteiger partial charge is 0.477 e. The van der Waals surface area contributed by atoms with Gasteiger partial charge in [-0.3, -0.25) is 4.99 Å². The molecule has 0 amide bonds. The van der Waals surface area contributed by atoms with Gasteiger partial charge in [-0.25, -0.2) is 9.98 Å². The Balaban J connectivity index is 1.64. The van der Waals surface area contributed by atoms with Crippen LogP contribution in [0.4, 0.5) is 0 Å². The summed E-state index contributed by atoms with van der Waals surface area (Å²) in [7, 11) is 0. The molecule has 176 valence electrons. The molecule has 0 unspecified atom stereocenters. The Kier molecular flexibility index (Phi) is 6.82. The van der Waals surface area contributed by atoms with Crippen LogP contribution < -0.4 is 0 Å². The van der Waals surface area contributed by atoms with Crippen LogP contribution in [0.2, 0.25) is 0 Å². The molecule has 5 nitrogen and oxygen atoms in total. The number of nitrogens with zero attached hydrogens (tertiary/aromatic N) is 3. The zero-order valence-electron chi connectivity index (χ0n) is 21.1. The summed E-state index contributed by atoms with van der Waals surface area (Å²) < 4.78 is 6.00. The zero-order valence-corrected chi connectivity index (χ0v) is 21.1. The summed E-state index contributed by atoms with van der Waals surface area (Å²) in [4.78, 5) is 17.6. The smallest absolute Gasteiger partial charge is 0.217 e. The Morgan fingerprint density at radius 1 is 0.971 bits per heavy atom. The molecule has 4 heterocycles. The maximum Gasteiger partial charge on any atom is 0.217 e. The third kappa shape index (κ3) is 5.19. The predicted octanol–water partition coefficient (Wildman–Crippen LogP) is 7.21. The van der Waals surface area contributed by atoms with Crippen LogP contribution >= 0.6 is 0 Å². The highest BCUT2D eigenvalue weighted by Gasteiger charge is 2.31. The van der Waals surface area contributed by atoms with Gasteiger partial charge in [0.1, 0.15) is 0 Å². The van der Waals surface area contributed by atoms with Crippen LogP contribution in [-0.2, 0) is 4.74 Å². The van der Waals surface area contributed by atoms with Gasteiger partial charge in [0, 0.05) is 28.7 Å².